The molecule has 0 aliphatic carbocycles. The molecule has 2 aliphatic rings. The lowest BCUT2D eigenvalue weighted by Crippen LogP contribution is -2.65. The molecule has 2 fully saturated rings. The summed E-state index contributed by atoms with van der Waals surface area (Å²) in [6.45, 7) is 0.544. The third-order valence-corrected chi connectivity index (χ3v) is 5.28. The first-order valence-corrected chi connectivity index (χ1v) is 10.7. The Bertz CT molecular complexity index is 624. The summed E-state index contributed by atoms with van der Waals surface area (Å²) in [5, 5.41) is 62.8. The Morgan fingerprint density at radius 1 is 0.882 bits per heavy atom. The van der Waals surface area contributed by atoms with E-state index in [9.17, 15) is 40.2 Å². The molecule has 1 unspecified atom stereocenters. The molecule has 0 radical (unpaired) electrons. The van der Waals surface area contributed by atoms with E-state index in [0.29, 0.717) is 6.54 Å². The molecular formula is C19H33NO14. The number of amides is 1. The van der Waals surface area contributed by atoms with E-state index in [1.165, 1.54) is 6.92 Å². The van der Waals surface area contributed by atoms with Crippen LogP contribution in [0, 0.1) is 0 Å². The Morgan fingerprint density at radius 3 is 2.15 bits per heavy atom. The molecule has 15 heteroatoms. The van der Waals surface area contributed by atoms with E-state index in [-0.39, 0.29) is 32.2 Å². The summed E-state index contributed by atoms with van der Waals surface area (Å²) < 4.78 is 31.9. The molecule has 0 spiro atoms. The van der Waals surface area contributed by atoms with Crippen molar-refractivity contribution in [3.05, 3.63) is 0 Å². The van der Waals surface area contributed by atoms with Crippen LogP contribution in [0.2, 0.25) is 0 Å². The predicted molar refractivity (Wildman–Crippen MR) is 107 cm³/mol. The minimum atomic E-state index is -1.77. The zero-order chi connectivity index (χ0) is 25.3. The second kappa shape index (κ2) is 14.2. The molecule has 0 aromatic carbocycles. The molecule has 34 heavy (non-hydrogen) atoms. The summed E-state index contributed by atoms with van der Waals surface area (Å²) in [7, 11) is 0. The van der Waals surface area contributed by atoms with Crippen LogP contribution in [0.4, 0.5) is 0 Å². The normalized spacial score (nSPS) is 38.3. The average Bonchev–Trinajstić information content (AvgIpc) is 2.81. The molecule has 1 amide bonds. The molecule has 2 saturated heterocycles. The van der Waals surface area contributed by atoms with Crippen molar-refractivity contribution in [2.75, 3.05) is 39.6 Å². The Kier molecular flexibility index (Phi) is 12.0. The summed E-state index contributed by atoms with van der Waals surface area (Å²) in [5.41, 5.74) is 0. The zero-order valence-electron chi connectivity index (χ0n) is 18.5. The lowest BCUT2D eigenvalue weighted by molar-refractivity contribution is -0.367. The van der Waals surface area contributed by atoms with Gasteiger partial charge in [-0.05, 0) is 0 Å². The number of carbonyl (C=O) groups is 2. The van der Waals surface area contributed by atoms with Gasteiger partial charge < -0.3 is 64.4 Å². The second-order valence-electron chi connectivity index (χ2n) is 7.68. The van der Waals surface area contributed by atoms with Crippen molar-refractivity contribution in [2.45, 2.75) is 68.3 Å². The maximum Gasteiger partial charge on any atom is 0.293 e. The van der Waals surface area contributed by atoms with Crippen LogP contribution in [0.3, 0.4) is 0 Å². The van der Waals surface area contributed by atoms with E-state index in [0.717, 1.165) is 0 Å². The number of nitrogens with one attached hydrogen (secondary N) is 1. The Hall–Kier alpha value is -1.50. The number of carbonyl (C=O) groups excluding carboxylic acids is 2. The van der Waals surface area contributed by atoms with Gasteiger partial charge in [0.15, 0.2) is 18.7 Å². The largest absolute Gasteiger partial charge is 0.459 e. The van der Waals surface area contributed by atoms with Gasteiger partial charge in [0.1, 0.15) is 42.7 Å². The standard InChI is InChI=1S/C19H33NO14/c1-9(24)20-2-3-29-4-5-30-19-17(13(26)12(25)10(6-21)32-19)34-18-15(28)14(27)16(31-8-23)11(7-22)33-18/h8,10-19,21-22,25-28H,2-7H2,1H3,(H,20,24)/t10-,11+,12+,13-,14+,15-,16+,17-,18+,19?/m0/s1. The SMILES string of the molecule is CC(=O)NCCOCCOC1O[C@@H](CO)[C@@H](O)[C@H](O)[C@@H]1O[C@H]1O[C@H](CO)[C@@H](OC=O)[C@H](O)[C@@H]1O. The summed E-state index contributed by atoms with van der Waals surface area (Å²) >= 11 is 0. The van der Waals surface area contributed by atoms with Gasteiger partial charge in [0.05, 0.1) is 33.0 Å². The minimum absolute atomic E-state index is 0.0278. The van der Waals surface area contributed by atoms with E-state index >= 15 is 0 Å². The quantitative estimate of drug-likeness (QED) is 0.0931. The third kappa shape index (κ3) is 7.50. The number of aliphatic hydroxyl groups is 6. The van der Waals surface area contributed by atoms with E-state index in [1.54, 1.807) is 0 Å². The molecule has 7 N–H and O–H groups in total. The summed E-state index contributed by atoms with van der Waals surface area (Å²) in [6.07, 6.45) is -15.0. The van der Waals surface area contributed by atoms with Crippen molar-refractivity contribution in [2.24, 2.45) is 0 Å². The fraction of sp³-hybridized carbons (Fsp3) is 0.895. The average molecular weight is 499 g/mol. The van der Waals surface area contributed by atoms with Crippen molar-refractivity contribution in [1.82, 2.24) is 5.32 Å². The van der Waals surface area contributed by atoms with E-state index in [2.05, 4.69) is 10.1 Å². The topological polar surface area (TPSA) is 223 Å². The molecule has 2 rings (SSSR count). The highest BCUT2D eigenvalue weighted by Gasteiger charge is 2.51. The molecular weight excluding hydrogens is 466 g/mol. The van der Waals surface area contributed by atoms with Crippen LogP contribution >= 0.6 is 0 Å². The van der Waals surface area contributed by atoms with Crippen molar-refractivity contribution < 1.29 is 68.6 Å². The Labute approximate surface area is 195 Å². The molecule has 15 nitrogen and oxygen atoms in total. The van der Waals surface area contributed by atoms with Crippen molar-refractivity contribution in [3.63, 3.8) is 0 Å². The highest BCUT2D eigenvalue weighted by atomic mass is 16.8. The molecule has 0 aromatic heterocycles. The van der Waals surface area contributed by atoms with Crippen molar-refractivity contribution in [3.8, 4) is 0 Å². The predicted octanol–water partition coefficient (Wildman–Crippen LogP) is -5.04. The lowest BCUT2D eigenvalue weighted by atomic mass is 9.97. The smallest absolute Gasteiger partial charge is 0.293 e. The monoisotopic (exact) mass is 499 g/mol. The molecule has 0 saturated carbocycles. The fourth-order valence-electron chi connectivity index (χ4n) is 3.51. The van der Waals surface area contributed by atoms with Gasteiger partial charge in [0, 0.05) is 13.5 Å². The first-order valence-electron chi connectivity index (χ1n) is 10.7. The summed E-state index contributed by atoms with van der Waals surface area (Å²) in [6, 6.07) is 0. The highest BCUT2D eigenvalue weighted by Crippen LogP contribution is 2.30. The maximum atomic E-state index is 10.8. The van der Waals surface area contributed by atoms with Gasteiger partial charge in [0.2, 0.25) is 5.91 Å². The van der Waals surface area contributed by atoms with Gasteiger partial charge in [-0.3, -0.25) is 9.59 Å². The summed E-state index contributed by atoms with van der Waals surface area (Å²) in [4.78, 5) is 21.5. The number of hydrogen-bond donors (Lipinski definition) is 7. The van der Waals surface area contributed by atoms with Crippen LogP contribution in [0.1, 0.15) is 6.92 Å². The van der Waals surface area contributed by atoms with E-state index in [4.69, 9.17) is 23.7 Å². The lowest BCUT2D eigenvalue weighted by Gasteiger charge is -2.46. The fourth-order valence-corrected chi connectivity index (χ4v) is 3.51. The van der Waals surface area contributed by atoms with Crippen LogP contribution in [0.25, 0.3) is 0 Å². The molecule has 198 valence electrons. The maximum absolute atomic E-state index is 10.8. The van der Waals surface area contributed by atoms with Crippen LogP contribution in [-0.2, 0) is 38.0 Å². The van der Waals surface area contributed by atoms with Gasteiger partial charge in [-0.2, -0.15) is 0 Å². The van der Waals surface area contributed by atoms with Gasteiger partial charge >= 0.3 is 0 Å². The number of ether oxygens (including phenoxy) is 6. The number of hydrogen-bond acceptors (Lipinski definition) is 14. The third-order valence-electron chi connectivity index (χ3n) is 5.28. The molecule has 0 aromatic rings. The van der Waals surface area contributed by atoms with Crippen molar-refractivity contribution >= 4 is 12.4 Å². The van der Waals surface area contributed by atoms with Crippen LogP contribution in [0.5, 0.6) is 0 Å². The zero-order valence-corrected chi connectivity index (χ0v) is 18.5. The first kappa shape index (κ1) is 28.7. The number of aliphatic hydroxyl groups excluding tert-OH is 6. The van der Waals surface area contributed by atoms with Gasteiger partial charge in [0.25, 0.3) is 6.47 Å². The molecule has 10 atom stereocenters. The minimum Gasteiger partial charge on any atom is -0.459 e. The first-order chi connectivity index (χ1) is 16.2. The Balaban J connectivity index is 2.02. The highest BCUT2D eigenvalue weighted by molar-refractivity contribution is 5.72. The van der Waals surface area contributed by atoms with Crippen LogP contribution in [0.15, 0.2) is 0 Å². The van der Waals surface area contributed by atoms with Gasteiger partial charge in [-0.25, -0.2) is 0 Å². The van der Waals surface area contributed by atoms with Gasteiger partial charge in [-0.15, -0.1) is 0 Å². The molecule has 0 bridgehead atoms. The van der Waals surface area contributed by atoms with Crippen LogP contribution in [-0.4, -0.2) is 144 Å². The van der Waals surface area contributed by atoms with Crippen molar-refractivity contribution in [1.29, 1.82) is 0 Å². The molecule has 2 heterocycles. The van der Waals surface area contributed by atoms with E-state index in [1.807, 2.05) is 0 Å². The van der Waals surface area contributed by atoms with Crippen LogP contribution < -0.4 is 5.32 Å². The van der Waals surface area contributed by atoms with Gasteiger partial charge in [-0.1, -0.05) is 0 Å². The van der Waals surface area contributed by atoms with E-state index < -0.39 is 74.6 Å². The number of rotatable bonds is 13. The summed E-state index contributed by atoms with van der Waals surface area (Å²) in [5.74, 6) is -0.206. The Morgan fingerprint density at radius 2 is 1.53 bits per heavy atom. The second-order valence-corrected chi connectivity index (χ2v) is 7.68. The molecule has 2 aliphatic heterocycles.